The maximum absolute atomic E-state index is 12.0. The summed E-state index contributed by atoms with van der Waals surface area (Å²) in [7, 11) is 1.35. The SMILES string of the molecule is COC(=O)[C@H](N)C1CCC(C=O)(CNc2ccnc3[nH]c(-c4ccccc4)cc23)CC1. The number of anilines is 1. The van der Waals surface area contributed by atoms with Crippen molar-refractivity contribution in [1.82, 2.24) is 9.97 Å². The summed E-state index contributed by atoms with van der Waals surface area (Å²) in [5.74, 6) is -0.339. The van der Waals surface area contributed by atoms with Crippen LogP contribution in [0.1, 0.15) is 25.7 Å². The van der Waals surface area contributed by atoms with Crippen LogP contribution in [0, 0.1) is 11.3 Å². The third kappa shape index (κ3) is 4.32. The predicted octanol–water partition coefficient (Wildman–Crippen LogP) is 3.52. The van der Waals surface area contributed by atoms with Gasteiger partial charge in [-0.05, 0) is 49.3 Å². The molecular formula is C24H28N4O3. The largest absolute Gasteiger partial charge is 0.468 e. The molecule has 4 N–H and O–H groups in total. The minimum Gasteiger partial charge on any atom is -0.468 e. The number of nitrogens with zero attached hydrogens (tertiary/aromatic N) is 1. The van der Waals surface area contributed by atoms with Crippen LogP contribution >= 0.6 is 0 Å². The number of aromatic amines is 1. The molecule has 0 unspecified atom stereocenters. The average molecular weight is 421 g/mol. The van der Waals surface area contributed by atoms with Crippen molar-refractivity contribution in [3.05, 3.63) is 48.7 Å². The molecular weight excluding hydrogens is 392 g/mol. The van der Waals surface area contributed by atoms with E-state index in [1.165, 1.54) is 7.11 Å². The number of nitrogens with one attached hydrogen (secondary N) is 2. The van der Waals surface area contributed by atoms with E-state index < -0.39 is 11.5 Å². The highest BCUT2D eigenvalue weighted by molar-refractivity contribution is 5.93. The molecule has 2 heterocycles. The first kappa shape index (κ1) is 21.1. The summed E-state index contributed by atoms with van der Waals surface area (Å²) in [6.45, 7) is 0.529. The molecule has 3 aromatic rings. The van der Waals surface area contributed by atoms with E-state index in [4.69, 9.17) is 10.5 Å². The van der Waals surface area contributed by atoms with Crippen molar-refractivity contribution in [3.63, 3.8) is 0 Å². The Bertz CT molecular complexity index is 1060. The molecule has 1 aliphatic rings. The summed E-state index contributed by atoms with van der Waals surface area (Å²) in [5.41, 5.74) is 9.39. The van der Waals surface area contributed by atoms with E-state index in [1.54, 1.807) is 6.20 Å². The third-order valence-corrected chi connectivity index (χ3v) is 6.50. The molecule has 7 heteroatoms. The van der Waals surface area contributed by atoms with Gasteiger partial charge in [0.25, 0.3) is 0 Å². The molecule has 1 aliphatic carbocycles. The molecule has 0 aliphatic heterocycles. The van der Waals surface area contributed by atoms with Gasteiger partial charge in [0.05, 0.1) is 7.11 Å². The fourth-order valence-corrected chi connectivity index (χ4v) is 4.46. The highest BCUT2D eigenvalue weighted by Crippen LogP contribution is 2.39. The molecule has 4 rings (SSSR count). The zero-order valence-corrected chi connectivity index (χ0v) is 17.6. The minimum absolute atomic E-state index is 0.0475. The summed E-state index contributed by atoms with van der Waals surface area (Å²) in [4.78, 5) is 31.6. The van der Waals surface area contributed by atoms with E-state index in [9.17, 15) is 9.59 Å². The number of esters is 1. The first-order valence-corrected chi connectivity index (χ1v) is 10.6. The molecule has 31 heavy (non-hydrogen) atoms. The van der Waals surface area contributed by atoms with Crippen LogP contribution in [-0.4, -0.2) is 41.9 Å². The molecule has 1 atom stereocenters. The van der Waals surface area contributed by atoms with Gasteiger partial charge >= 0.3 is 5.97 Å². The molecule has 0 amide bonds. The number of carbonyl (C=O) groups is 2. The van der Waals surface area contributed by atoms with E-state index in [0.717, 1.165) is 47.1 Å². The quantitative estimate of drug-likeness (QED) is 0.398. The fourth-order valence-electron chi connectivity index (χ4n) is 4.46. The molecule has 162 valence electrons. The van der Waals surface area contributed by atoms with Crippen molar-refractivity contribution in [1.29, 1.82) is 0 Å². The number of H-pyrrole nitrogens is 1. The Balaban J connectivity index is 1.47. The molecule has 2 aromatic heterocycles. The Labute approximate surface area is 181 Å². The highest BCUT2D eigenvalue weighted by atomic mass is 16.5. The van der Waals surface area contributed by atoms with Crippen LogP contribution in [0.2, 0.25) is 0 Å². The second-order valence-corrected chi connectivity index (χ2v) is 8.39. The van der Waals surface area contributed by atoms with Crippen molar-refractivity contribution in [2.24, 2.45) is 17.1 Å². The van der Waals surface area contributed by atoms with E-state index in [-0.39, 0.29) is 11.9 Å². The van der Waals surface area contributed by atoms with Gasteiger partial charge in [0.1, 0.15) is 18.0 Å². The zero-order chi connectivity index (χ0) is 21.8. The Kier molecular flexibility index (Phi) is 6.04. The summed E-state index contributed by atoms with van der Waals surface area (Å²) >= 11 is 0. The van der Waals surface area contributed by atoms with Gasteiger partial charge in [0.2, 0.25) is 0 Å². The van der Waals surface area contributed by atoms with Crippen LogP contribution in [-0.2, 0) is 14.3 Å². The number of aldehydes is 1. The van der Waals surface area contributed by atoms with Gasteiger partial charge in [0.15, 0.2) is 0 Å². The number of aromatic nitrogens is 2. The van der Waals surface area contributed by atoms with Gasteiger partial charge in [-0.1, -0.05) is 30.3 Å². The Morgan fingerprint density at radius 3 is 2.74 bits per heavy atom. The Hall–Kier alpha value is -3.19. The van der Waals surface area contributed by atoms with Gasteiger partial charge in [-0.2, -0.15) is 0 Å². The van der Waals surface area contributed by atoms with Crippen LogP contribution in [0.3, 0.4) is 0 Å². The number of fused-ring (bicyclic) bond motifs is 1. The molecule has 0 radical (unpaired) electrons. The molecule has 1 saturated carbocycles. The third-order valence-electron chi connectivity index (χ3n) is 6.50. The lowest BCUT2D eigenvalue weighted by molar-refractivity contribution is -0.144. The van der Waals surface area contributed by atoms with Crippen molar-refractivity contribution < 1.29 is 14.3 Å². The number of carbonyl (C=O) groups excluding carboxylic acids is 2. The maximum Gasteiger partial charge on any atom is 0.322 e. The molecule has 0 bridgehead atoms. The van der Waals surface area contributed by atoms with Crippen LogP contribution in [0.15, 0.2) is 48.7 Å². The van der Waals surface area contributed by atoms with Gasteiger partial charge < -0.3 is 25.6 Å². The number of rotatable bonds is 7. The summed E-state index contributed by atoms with van der Waals surface area (Å²) in [5, 5.41) is 4.47. The minimum atomic E-state index is -0.626. The number of nitrogens with two attached hydrogens (primary N) is 1. The maximum atomic E-state index is 12.0. The van der Waals surface area contributed by atoms with Crippen molar-refractivity contribution in [3.8, 4) is 11.3 Å². The first-order chi connectivity index (χ1) is 15.0. The lowest BCUT2D eigenvalue weighted by Gasteiger charge is -2.37. The Morgan fingerprint density at radius 1 is 1.32 bits per heavy atom. The highest BCUT2D eigenvalue weighted by Gasteiger charge is 2.38. The number of methoxy groups -OCH3 is 1. The second kappa shape index (κ2) is 8.89. The number of pyridine rings is 1. The standard InChI is InChI=1S/C24H28N4O3/c1-31-23(30)21(25)17-7-10-24(15-29,11-8-17)14-27-19-9-12-26-22-18(19)13-20(28-22)16-5-3-2-4-6-16/h2-6,9,12-13,15,17,21H,7-8,10-11,14,25H2,1H3,(H2,26,27,28)/t17?,21-,24?/m1/s1. The first-order valence-electron chi connectivity index (χ1n) is 10.6. The number of hydrogen-bond donors (Lipinski definition) is 3. The van der Waals surface area contributed by atoms with Crippen LogP contribution in [0.4, 0.5) is 5.69 Å². The lowest BCUT2D eigenvalue weighted by Crippen LogP contribution is -2.44. The Morgan fingerprint density at radius 2 is 2.06 bits per heavy atom. The number of ether oxygens (including phenoxy) is 1. The number of hydrogen-bond acceptors (Lipinski definition) is 6. The van der Waals surface area contributed by atoms with E-state index in [0.29, 0.717) is 19.4 Å². The molecule has 7 nitrogen and oxygen atoms in total. The average Bonchev–Trinajstić information content (AvgIpc) is 3.28. The monoisotopic (exact) mass is 420 g/mol. The molecule has 0 spiro atoms. The predicted molar refractivity (Wildman–Crippen MR) is 120 cm³/mol. The van der Waals surface area contributed by atoms with Crippen molar-refractivity contribution in [2.45, 2.75) is 31.7 Å². The van der Waals surface area contributed by atoms with Crippen molar-refractivity contribution >= 4 is 29.0 Å². The van der Waals surface area contributed by atoms with E-state index in [1.807, 2.05) is 24.3 Å². The van der Waals surface area contributed by atoms with Gasteiger partial charge in [-0.3, -0.25) is 4.79 Å². The van der Waals surface area contributed by atoms with Crippen LogP contribution in [0.25, 0.3) is 22.3 Å². The van der Waals surface area contributed by atoms with E-state index in [2.05, 4.69) is 33.5 Å². The summed E-state index contributed by atoms with van der Waals surface area (Å²) in [6.07, 6.45) is 5.65. The van der Waals surface area contributed by atoms with Crippen LogP contribution < -0.4 is 11.1 Å². The molecule has 1 fully saturated rings. The molecule has 0 saturated heterocycles. The van der Waals surface area contributed by atoms with Gasteiger partial charge in [-0.25, -0.2) is 4.98 Å². The van der Waals surface area contributed by atoms with Crippen molar-refractivity contribution in [2.75, 3.05) is 19.0 Å². The molecule has 1 aromatic carbocycles. The lowest BCUT2D eigenvalue weighted by atomic mass is 9.69. The van der Waals surface area contributed by atoms with E-state index >= 15 is 0 Å². The van der Waals surface area contributed by atoms with Gasteiger partial charge in [-0.15, -0.1) is 0 Å². The summed E-state index contributed by atoms with van der Waals surface area (Å²) < 4.78 is 4.77. The fraction of sp³-hybridized carbons (Fsp3) is 0.375. The number of benzene rings is 1. The summed E-state index contributed by atoms with van der Waals surface area (Å²) in [6, 6.07) is 13.5. The second-order valence-electron chi connectivity index (χ2n) is 8.39. The normalized spacial score (nSPS) is 22.1. The van der Waals surface area contributed by atoms with Crippen LogP contribution in [0.5, 0.6) is 0 Å². The topological polar surface area (TPSA) is 110 Å². The zero-order valence-electron chi connectivity index (χ0n) is 17.6. The smallest absolute Gasteiger partial charge is 0.322 e. The van der Waals surface area contributed by atoms with Gasteiger partial charge in [0, 0.05) is 34.9 Å².